The van der Waals surface area contributed by atoms with Crippen molar-refractivity contribution in [2.24, 2.45) is 0 Å². The van der Waals surface area contributed by atoms with E-state index in [0.717, 1.165) is 11.1 Å². The van der Waals surface area contributed by atoms with E-state index in [2.05, 4.69) is 10.6 Å². The van der Waals surface area contributed by atoms with E-state index >= 15 is 0 Å². The van der Waals surface area contributed by atoms with Crippen molar-refractivity contribution in [1.82, 2.24) is 10.2 Å². The first kappa shape index (κ1) is 21.4. The third-order valence-corrected chi connectivity index (χ3v) is 5.58. The maximum Gasteiger partial charge on any atom is 0.338 e. The van der Waals surface area contributed by atoms with Crippen LogP contribution in [0.3, 0.4) is 0 Å². The van der Waals surface area contributed by atoms with Gasteiger partial charge < -0.3 is 20.1 Å². The highest BCUT2D eigenvalue weighted by atomic mass is 16.5. The zero-order valence-corrected chi connectivity index (χ0v) is 18.2. The van der Waals surface area contributed by atoms with Gasteiger partial charge in [0.25, 0.3) is 0 Å². The molecule has 1 atom stereocenters. The van der Waals surface area contributed by atoms with Crippen LogP contribution >= 0.6 is 0 Å². The number of carbonyl (C=O) groups is 3. The summed E-state index contributed by atoms with van der Waals surface area (Å²) in [5.41, 5.74) is 3.94. The summed E-state index contributed by atoms with van der Waals surface area (Å²) in [4.78, 5) is 39.6. The lowest BCUT2D eigenvalue weighted by Crippen LogP contribution is -2.49. The molecule has 0 radical (unpaired) electrons. The number of hydrogen-bond acceptors (Lipinski definition) is 5. The smallest absolute Gasteiger partial charge is 0.338 e. The molecule has 2 heterocycles. The van der Waals surface area contributed by atoms with Crippen molar-refractivity contribution in [3.05, 3.63) is 70.4 Å². The number of hydrogen-bond donors (Lipinski definition) is 2. The van der Waals surface area contributed by atoms with Gasteiger partial charge in [0.2, 0.25) is 5.91 Å². The summed E-state index contributed by atoms with van der Waals surface area (Å²) < 4.78 is 10.9. The van der Waals surface area contributed by atoms with Gasteiger partial charge in [0, 0.05) is 11.3 Å². The van der Waals surface area contributed by atoms with Crippen LogP contribution in [0, 0.1) is 13.8 Å². The highest BCUT2D eigenvalue weighted by Gasteiger charge is 2.43. The third-order valence-electron chi connectivity index (χ3n) is 5.58. The SMILES string of the molecule is CCOc1ccccc1[C@@H]1NC(=O)N(CC(=O)Nc2c(C)cccc2C)C2=C1C(=O)OC2. The van der Waals surface area contributed by atoms with E-state index in [-0.39, 0.29) is 19.1 Å². The molecule has 166 valence electrons. The van der Waals surface area contributed by atoms with Crippen LogP contribution in [0.2, 0.25) is 0 Å². The molecule has 0 bridgehead atoms. The molecule has 0 fully saturated rings. The van der Waals surface area contributed by atoms with Crippen LogP contribution in [0.4, 0.5) is 10.5 Å². The highest BCUT2D eigenvalue weighted by molar-refractivity contribution is 6.00. The second kappa shape index (κ2) is 8.74. The molecule has 32 heavy (non-hydrogen) atoms. The zero-order valence-electron chi connectivity index (χ0n) is 18.2. The van der Waals surface area contributed by atoms with Gasteiger partial charge in [-0.1, -0.05) is 36.4 Å². The van der Waals surface area contributed by atoms with Crippen LogP contribution in [0.25, 0.3) is 0 Å². The normalized spacial score (nSPS) is 17.6. The van der Waals surface area contributed by atoms with Gasteiger partial charge >= 0.3 is 12.0 Å². The Morgan fingerprint density at radius 2 is 1.88 bits per heavy atom. The summed E-state index contributed by atoms with van der Waals surface area (Å²) in [6.07, 6.45) is 0. The first-order chi connectivity index (χ1) is 15.4. The van der Waals surface area contributed by atoms with Gasteiger partial charge in [0.05, 0.1) is 23.9 Å². The molecule has 2 N–H and O–H groups in total. The third kappa shape index (κ3) is 3.91. The minimum absolute atomic E-state index is 0.0639. The number of para-hydroxylation sites is 2. The van der Waals surface area contributed by atoms with E-state index in [9.17, 15) is 14.4 Å². The summed E-state index contributed by atoms with van der Waals surface area (Å²) in [5, 5.41) is 5.72. The van der Waals surface area contributed by atoms with Gasteiger partial charge in [-0.05, 0) is 38.0 Å². The summed E-state index contributed by atoms with van der Waals surface area (Å²) in [5.74, 6) is -0.304. The number of amides is 3. The monoisotopic (exact) mass is 435 g/mol. The molecular weight excluding hydrogens is 410 g/mol. The number of nitrogens with one attached hydrogen (secondary N) is 2. The number of esters is 1. The fourth-order valence-corrected chi connectivity index (χ4v) is 4.05. The molecule has 4 rings (SSSR count). The topological polar surface area (TPSA) is 97.0 Å². The van der Waals surface area contributed by atoms with Crippen LogP contribution in [0.5, 0.6) is 5.75 Å². The van der Waals surface area contributed by atoms with E-state index in [0.29, 0.717) is 34.9 Å². The van der Waals surface area contributed by atoms with Crippen LogP contribution in [-0.2, 0) is 14.3 Å². The molecule has 2 aromatic rings. The van der Waals surface area contributed by atoms with Gasteiger partial charge in [0.15, 0.2) is 0 Å². The Morgan fingerprint density at radius 1 is 1.16 bits per heavy atom. The van der Waals surface area contributed by atoms with Gasteiger partial charge in [0.1, 0.15) is 18.9 Å². The number of ether oxygens (including phenoxy) is 2. The summed E-state index contributed by atoms with van der Waals surface area (Å²) in [6, 6.07) is 11.8. The number of rotatable bonds is 6. The quantitative estimate of drug-likeness (QED) is 0.679. The number of cyclic esters (lactones) is 1. The average molecular weight is 435 g/mol. The molecule has 8 nitrogen and oxygen atoms in total. The fraction of sp³-hybridized carbons (Fsp3) is 0.292. The Balaban J connectivity index is 1.63. The Labute approximate surface area is 186 Å². The fourth-order valence-electron chi connectivity index (χ4n) is 4.05. The Morgan fingerprint density at radius 3 is 2.59 bits per heavy atom. The molecule has 0 aromatic heterocycles. The van der Waals surface area contributed by atoms with Crippen LogP contribution in [-0.4, -0.2) is 42.6 Å². The van der Waals surface area contributed by atoms with Crippen molar-refractivity contribution in [3.8, 4) is 5.75 Å². The van der Waals surface area contributed by atoms with Crippen molar-refractivity contribution in [2.75, 3.05) is 25.1 Å². The maximum absolute atomic E-state index is 13.0. The number of nitrogens with zero attached hydrogens (tertiary/aromatic N) is 1. The molecule has 8 heteroatoms. The molecule has 0 saturated heterocycles. The molecule has 0 saturated carbocycles. The highest BCUT2D eigenvalue weighted by Crippen LogP contribution is 2.38. The van der Waals surface area contributed by atoms with Crippen molar-refractivity contribution in [1.29, 1.82) is 0 Å². The molecular formula is C24H25N3O5. The van der Waals surface area contributed by atoms with Crippen molar-refractivity contribution < 1.29 is 23.9 Å². The molecule has 2 aliphatic rings. The van der Waals surface area contributed by atoms with Crippen LogP contribution in [0.1, 0.15) is 29.7 Å². The number of benzene rings is 2. The van der Waals surface area contributed by atoms with Crippen LogP contribution in [0.15, 0.2) is 53.7 Å². The number of urea groups is 1. The lowest BCUT2D eigenvalue weighted by molar-refractivity contribution is -0.136. The van der Waals surface area contributed by atoms with Gasteiger partial charge in [-0.15, -0.1) is 0 Å². The zero-order chi connectivity index (χ0) is 22.8. The molecule has 2 aliphatic heterocycles. The lowest BCUT2D eigenvalue weighted by Gasteiger charge is -2.33. The molecule has 3 amide bonds. The average Bonchev–Trinajstić information content (AvgIpc) is 3.15. The van der Waals surface area contributed by atoms with Crippen molar-refractivity contribution in [2.45, 2.75) is 26.8 Å². The maximum atomic E-state index is 13.0. The first-order valence-electron chi connectivity index (χ1n) is 10.5. The minimum atomic E-state index is -0.715. The lowest BCUT2D eigenvalue weighted by atomic mass is 9.95. The summed E-state index contributed by atoms with van der Waals surface area (Å²) >= 11 is 0. The van der Waals surface area contributed by atoms with Crippen molar-refractivity contribution in [3.63, 3.8) is 0 Å². The van der Waals surface area contributed by atoms with E-state index < -0.39 is 18.0 Å². The van der Waals surface area contributed by atoms with Crippen LogP contribution < -0.4 is 15.4 Å². The minimum Gasteiger partial charge on any atom is -0.494 e. The van der Waals surface area contributed by atoms with E-state index in [1.807, 2.05) is 51.1 Å². The molecule has 0 unspecified atom stereocenters. The van der Waals surface area contributed by atoms with E-state index in [1.54, 1.807) is 12.1 Å². The number of carbonyl (C=O) groups excluding carboxylic acids is 3. The Kier molecular flexibility index (Phi) is 5.85. The predicted octanol–water partition coefficient (Wildman–Crippen LogP) is 3.22. The second-order valence-corrected chi connectivity index (χ2v) is 7.69. The first-order valence-corrected chi connectivity index (χ1v) is 10.5. The predicted molar refractivity (Wildman–Crippen MR) is 118 cm³/mol. The standard InChI is InChI=1S/C24H25N3O5/c1-4-31-18-11-6-5-10-16(18)22-20-17(13-32-23(20)29)27(24(30)26-22)12-19(28)25-21-14(2)8-7-9-15(21)3/h5-11,22H,4,12-13H2,1-3H3,(H,25,28)(H,26,30)/t22-/m0/s1. The van der Waals surface area contributed by atoms with Gasteiger partial charge in [-0.25, -0.2) is 9.59 Å². The van der Waals surface area contributed by atoms with E-state index in [4.69, 9.17) is 9.47 Å². The second-order valence-electron chi connectivity index (χ2n) is 7.69. The molecule has 2 aromatic carbocycles. The summed E-state index contributed by atoms with van der Waals surface area (Å²) in [7, 11) is 0. The largest absolute Gasteiger partial charge is 0.494 e. The number of anilines is 1. The number of aryl methyl sites for hydroxylation is 2. The van der Waals surface area contributed by atoms with E-state index in [1.165, 1.54) is 4.90 Å². The van der Waals surface area contributed by atoms with Crippen molar-refractivity contribution >= 4 is 23.6 Å². The Hall–Kier alpha value is -3.81. The van der Waals surface area contributed by atoms with Gasteiger partial charge in [-0.2, -0.15) is 0 Å². The molecule has 0 spiro atoms. The molecule has 0 aliphatic carbocycles. The van der Waals surface area contributed by atoms with Gasteiger partial charge in [-0.3, -0.25) is 9.69 Å². The Bertz CT molecular complexity index is 1100. The summed E-state index contributed by atoms with van der Waals surface area (Å²) in [6.45, 7) is 5.81.